The molecule has 25 heavy (non-hydrogen) atoms. The molecule has 0 radical (unpaired) electrons. The van der Waals surface area contributed by atoms with Crippen LogP contribution in [0.25, 0.3) is 5.76 Å². The Bertz CT molecular complexity index is 621. The number of hydrogen-bond acceptors (Lipinski definition) is 4. The minimum Gasteiger partial charge on any atom is -0.496 e. The zero-order valence-corrected chi connectivity index (χ0v) is 16.9. The van der Waals surface area contributed by atoms with Crippen LogP contribution in [0.3, 0.4) is 0 Å². The number of unbranched alkanes of at least 4 members (excludes halogenated alkanes) is 1. The molecule has 1 aromatic carbocycles. The summed E-state index contributed by atoms with van der Waals surface area (Å²) in [6.45, 7) is 11.9. The number of rotatable bonds is 7. The number of methoxy groups -OCH3 is 2. The van der Waals surface area contributed by atoms with Gasteiger partial charge in [0.2, 0.25) is 0 Å². The van der Waals surface area contributed by atoms with Gasteiger partial charge in [-0.3, -0.25) is 4.79 Å². The van der Waals surface area contributed by atoms with E-state index in [-0.39, 0.29) is 11.6 Å². The van der Waals surface area contributed by atoms with Gasteiger partial charge in [0.1, 0.15) is 17.1 Å². The Morgan fingerprint density at radius 3 is 2.24 bits per heavy atom. The molecule has 0 aliphatic rings. The lowest BCUT2D eigenvalue weighted by atomic mass is 9.83. The predicted octanol–water partition coefficient (Wildman–Crippen LogP) is 5.10. The summed E-state index contributed by atoms with van der Waals surface area (Å²) in [5.74, 6) is 1.18. The van der Waals surface area contributed by atoms with Gasteiger partial charge in [0.15, 0.2) is 0 Å². The fourth-order valence-corrected chi connectivity index (χ4v) is 2.55. The van der Waals surface area contributed by atoms with E-state index in [9.17, 15) is 4.79 Å². The molecule has 1 rings (SSSR count). The van der Waals surface area contributed by atoms with Gasteiger partial charge in [0.25, 0.3) is 0 Å². The lowest BCUT2D eigenvalue weighted by Crippen LogP contribution is -2.30. The molecule has 0 spiro atoms. The molecule has 4 nitrogen and oxygen atoms in total. The highest BCUT2D eigenvalue weighted by Gasteiger charge is 2.34. The summed E-state index contributed by atoms with van der Waals surface area (Å²) in [6.07, 6.45) is 4.08. The van der Waals surface area contributed by atoms with E-state index in [2.05, 4.69) is 13.0 Å². The van der Waals surface area contributed by atoms with Crippen molar-refractivity contribution in [3.63, 3.8) is 0 Å². The lowest BCUT2D eigenvalue weighted by molar-refractivity contribution is -0.146. The zero-order valence-electron chi connectivity index (χ0n) is 16.9. The maximum atomic E-state index is 12.1. The molecule has 0 aromatic heterocycles. The Kier molecular flexibility index (Phi) is 7.09. The van der Waals surface area contributed by atoms with Crippen LogP contribution in [-0.2, 0) is 19.7 Å². The standard InChI is InChI=1S/C21H32O4/c1-9-10-11-17(25-20(2,3)4)15-12-13-16(18(14-15)23-7)21(5,6)19(22)24-8/h11-14H,9-10H2,1-8H3/b17-11-. The van der Waals surface area contributed by atoms with E-state index in [0.717, 1.165) is 29.7 Å². The van der Waals surface area contributed by atoms with Gasteiger partial charge < -0.3 is 14.2 Å². The Morgan fingerprint density at radius 1 is 1.12 bits per heavy atom. The largest absolute Gasteiger partial charge is 0.496 e. The van der Waals surface area contributed by atoms with E-state index < -0.39 is 5.41 Å². The molecular formula is C21H32O4. The van der Waals surface area contributed by atoms with Gasteiger partial charge in [-0.25, -0.2) is 0 Å². The maximum absolute atomic E-state index is 12.1. The molecule has 0 saturated heterocycles. The highest BCUT2D eigenvalue weighted by atomic mass is 16.5. The molecule has 4 heteroatoms. The number of ether oxygens (including phenoxy) is 3. The van der Waals surface area contributed by atoms with Crippen LogP contribution in [0.2, 0.25) is 0 Å². The average molecular weight is 348 g/mol. The molecule has 0 unspecified atom stereocenters. The van der Waals surface area contributed by atoms with Crippen molar-refractivity contribution in [3.8, 4) is 5.75 Å². The topological polar surface area (TPSA) is 44.8 Å². The third kappa shape index (κ3) is 5.52. The van der Waals surface area contributed by atoms with Crippen molar-refractivity contribution in [1.29, 1.82) is 0 Å². The monoisotopic (exact) mass is 348 g/mol. The van der Waals surface area contributed by atoms with E-state index in [1.807, 2.05) is 52.8 Å². The second kappa shape index (κ2) is 8.41. The summed E-state index contributed by atoms with van der Waals surface area (Å²) in [5.41, 5.74) is 0.633. The Hall–Kier alpha value is -1.97. The van der Waals surface area contributed by atoms with Crippen LogP contribution in [0.1, 0.15) is 65.5 Å². The zero-order chi connectivity index (χ0) is 19.3. The Morgan fingerprint density at radius 2 is 1.76 bits per heavy atom. The molecule has 0 atom stereocenters. The van der Waals surface area contributed by atoms with Crippen LogP contribution in [0.5, 0.6) is 5.75 Å². The first-order valence-electron chi connectivity index (χ1n) is 8.73. The van der Waals surface area contributed by atoms with Gasteiger partial charge in [-0.05, 0) is 53.2 Å². The molecule has 0 aliphatic heterocycles. The summed E-state index contributed by atoms with van der Waals surface area (Å²) >= 11 is 0. The summed E-state index contributed by atoms with van der Waals surface area (Å²) in [5, 5.41) is 0. The van der Waals surface area contributed by atoms with Crippen molar-refractivity contribution in [1.82, 2.24) is 0 Å². The number of benzene rings is 1. The fourth-order valence-electron chi connectivity index (χ4n) is 2.55. The van der Waals surface area contributed by atoms with Crippen molar-refractivity contribution in [2.75, 3.05) is 14.2 Å². The first-order chi connectivity index (χ1) is 11.6. The normalized spacial score (nSPS) is 12.7. The second-order valence-corrected chi connectivity index (χ2v) is 7.60. The second-order valence-electron chi connectivity index (χ2n) is 7.60. The van der Waals surface area contributed by atoms with Crippen LogP contribution in [-0.4, -0.2) is 25.8 Å². The van der Waals surface area contributed by atoms with Gasteiger partial charge in [0.05, 0.1) is 19.6 Å². The SMILES string of the molecule is CCC/C=C(\OC(C)(C)C)c1ccc(C(C)(C)C(=O)OC)c(OC)c1. The van der Waals surface area contributed by atoms with Crippen molar-refractivity contribution < 1.29 is 19.0 Å². The number of carbonyl (C=O) groups is 1. The van der Waals surface area contributed by atoms with E-state index in [4.69, 9.17) is 14.2 Å². The van der Waals surface area contributed by atoms with Crippen LogP contribution in [0.4, 0.5) is 0 Å². The van der Waals surface area contributed by atoms with Gasteiger partial charge >= 0.3 is 5.97 Å². The minimum atomic E-state index is -0.795. The fraction of sp³-hybridized carbons (Fsp3) is 0.571. The van der Waals surface area contributed by atoms with Crippen LogP contribution < -0.4 is 4.74 Å². The van der Waals surface area contributed by atoms with E-state index in [1.165, 1.54) is 7.11 Å². The molecule has 140 valence electrons. The highest BCUT2D eigenvalue weighted by Crippen LogP contribution is 2.36. The molecule has 0 amide bonds. The quantitative estimate of drug-likeness (QED) is 0.508. The molecule has 1 aromatic rings. The third-order valence-electron chi connectivity index (χ3n) is 3.89. The molecule has 0 bridgehead atoms. The lowest BCUT2D eigenvalue weighted by Gasteiger charge is -2.27. The van der Waals surface area contributed by atoms with Gasteiger partial charge in [-0.1, -0.05) is 25.5 Å². The van der Waals surface area contributed by atoms with Crippen LogP contribution >= 0.6 is 0 Å². The van der Waals surface area contributed by atoms with Gasteiger partial charge in [-0.2, -0.15) is 0 Å². The Labute approximate surface area is 152 Å². The third-order valence-corrected chi connectivity index (χ3v) is 3.89. The van der Waals surface area contributed by atoms with E-state index in [0.29, 0.717) is 5.75 Å². The Balaban J connectivity index is 3.36. The van der Waals surface area contributed by atoms with Crippen molar-refractivity contribution in [2.45, 2.75) is 65.4 Å². The predicted molar refractivity (Wildman–Crippen MR) is 102 cm³/mol. The van der Waals surface area contributed by atoms with E-state index in [1.54, 1.807) is 7.11 Å². The molecule has 0 N–H and O–H groups in total. The van der Waals surface area contributed by atoms with Gasteiger partial charge in [0, 0.05) is 11.1 Å². The summed E-state index contributed by atoms with van der Waals surface area (Å²) in [4.78, 5) is 12.1. The molecule has 0 aliphatic carbocycles. The summed E-state index contributed by atoms with van der Waals surface area (Å²) in [7, 11) is 3.00. The van der Waals surface area contributed by atoms with Crippen LogP contribution in [0, 0.1) is 0 Å². The molecule has 0 heterocycles. The van der Waals surface area contributed by atoms with Crippen molar-refractivity contribution >= 4 is 11.7 Å². The number of allylic oxidation sites excluding steroid dienone is 1. The van der Waals surface area contributed by atoms with Crippen LogP contribution in [0.15, 0.2) is 24.3 Å². The van der Waals surface area contributed by atoms with Crippen molar-refractivity contribution in [2.24, 2.45) is 0 Å². The van der Waals surface area contributed by atoms with Gasteiger partial charge in [-0.15, -0.1) is 0 Å². The smallest absolute Gasteiger partial charge is 0.315 e. The number of hydrogen-bond donors (Lipinski definition) is 0. The van der Waals surface area contributed by atoms with E-state index >= 15 is 0 Å². The highest BCUT2D eigenvalue weighted by molar-refractivity contribution is 5.83. The maximum Gasteiger partial charge on any atom is 0.315 e. The summed E-state index contributed by atoms with van der Waals surface area (Å²) in [6, 6.07) is 5.81. The average Bonchev–Trinajstić information content (AvgIpc) is 2.56. The minimum absolute atomic E-state index is 0.295. The number of esters is 1. The number of carbonyl (C=O) groups excluding carboxylic acids is 1. The first kappa shape index (κ1) is 21.1. The molecular weight excluding hydrogens is 316 g/mol. The molecule has 0 saturated carbocycles. The first-order valence-corrected chi connectivity index (χ1v) is 8.73. The van der Waals surface area contributed by atoms with Crippen molar-refractivity contribution in [3.05, 3.63) is 35.4 Å². The summed E-state index contributed by atoms with van der Waals surface area (Å²) < 4.78 is 16.6. The molecule has 0 fully saturated rings.